The van der Waals surface area contributed by atoms with E-state index < -0.39 is 0 Å². The van der Waals surface area contributed by atoms with E-state index in [4.69, 9.17) is 5.10 Å². The topological polar surface area (TPSA) is 103 Å². The number of aromatic amines is 1. The molecule has 1 unspecified atom stereocenters. The minimum atomic E-state index is -0.339. The zero-order valence-corrected chi connectivity index (χ0v) is 20.6. The van der Waals surface area contributed by atoms with Crippen molar-refractivity contribution in [3.63, 3.8) is 0 Å². The number of amides is 3. The highest BCUT2D eigenvalue weighted by molar-refractivity contribution is 5.96. The zero-order chi connectivity index (χ0) is 26.1. The molecule has 2 N–H and O–H groups in total. The van der Waals surface area contributed by atoms with Gasteiger partial charge in [-0.1, -0.05) is 25.6 Å². The van der Waals surface area contributed by atoms with Crippen LogP contribution in [0.15, 0.2) is 55.3 Å². The third-order valence-corrected chi connectivity index (χ3v) is 6.99. The third-order valence-electron chi connectivity index (χ3n) is 6.99. The standard InChI is InChI=1S/C27H29FN6O3/c1-3-23(35)32-12-10-20(15-32)30-26(36)24-21-16-33(27(37)22-5-4-11-29-22)13-17(2)25(21)34(31-24)14-18-6-8-19(28)9-7-18/h3-9,11,17,20,29H,1,10,12-16H2,2H3,(H,30,36)/t17?,20-/m0/s1. The summed E-state index contributed by atoms with van der Waals surface area (Å²) in [4.78, 5) is 44.9. The molecule has 2 atom stereocenters. The van der Waals surface area contributed by atoms with E-state index in [-0.39, 0.29) is 47.7 Å². The Morgan fingerprint density at radius 1 is 1.19 bits per heavy atom. The van der Waals surface area contributed by atoms with Gasteiger partial charge in [0.25, 0.3) is 11.8 Å². The van der Waals surface area contributed by atoms with Crippen molar-refractivity contribution in [1.29, 1.82) is 0 Å². The molecule has 3 amide bonds. The lowest BCUT2D eigenvalue weighted by Crippen LogP contribution is -2.40. The summed E-state index contributed by atoms with van der Waals surface area (Å²) in [6.07, 6.45) is 3.61. The molecule has 9 nitrogen and oxygen atoms in total. The molecule has 5 rings (SSSR count). The van der Waals surface area contributed by atoms with Crippen molar-refractivity contribution in [3.8, 4) is 0 Å². The predicted octanol–water partition coefficient (Wildman–Crippen LogP) is 2.67. The van der Waals surface area contributed by atoms with Gasteiger partial charge in [-0.15, -0.1) is 0 Å². The minimum absolute atomic E-state index is 0.0793. The highest BCUT2D eigenvalue weighted by Gasteiger charge is 2.35. The summed E-state index contributed by atoms with van der Waals surface area (Å²) in [7, 11) is 0. The summed E-state index contributed by atoms with van der Waals surface area (Å²) in [5, 5.41) is 7.72. The van der Waals surface area contributed by atoms with Gasteiger partial charge < -0.3 is 20.1 Å². The largest absolute Gasteiger partial charge is 0.357 e. The number of halogens is 1. The minimum Gasteiger partial charge on any atom is -0.357 e. The number of H-pyrrole nitrogens is 1. The third kappa shape index (κ3) is 4.91. The van der Waals surface area contributed by atoms with E-state index in [1.807, 2.05) is 6.92 Å². The molecule has 4 heterocycles. The number of fused-ring (bicyclic) bond motifs is 1. The summed E-state index contributed by atoms with van der Waals surface area (Å²) >= 11 is 0. The Balaban J connectivity index is 1.44. The summed E-state index contributed by atoms with van der Waals surface area (Å²) in [6, 6.07) is 9.48. The maximum atomic E-state index is 13.5. The van der Waals surface area contributed by atoms with Gasteiger partial charge in [0.1, 0.15) is 11.5 Å². The van der Waals surface area contributed by atoms with Crippen molar-refractivity contribution >= 4 is 17.7 Å². The molecule has 0 spiro atoms. The number of rotatable bonds is 6. The van der Waals surface area contributed by atoms with E-state index in [9.17, 15) is 18.8 Å². The average molecular weight is 505 g/mol. The highest BCUT2D eigenvalue weighted by atomic mass is 19.1. The monoisotopic (exact) mass is 504 g/mol. The number of aromatic nitrogens is 3. The number of hydrogen-bond donors (Lipinski definition) is 2. The van der Waals surface area contributed by atoms with Crippen LogP contribution < -0.4 is 5.32 Å². The van der Waals surface area contributed by atoms with Crippen LogP contribution in [-0.4, -0.2) is 68.0 Å². The molecule has 1 fully saturated rings. The van der Waals surface area contributed by atoms with Crippen LogP contribution >= 0.6 is 0 Å². The lowest BCUT2D eigenvalue weighted by Gasteiger charge is -2.32. The van der Waals surface area contributed by atoms with Crippen molar-refractivity contribution in [2.24, 2.45) is 0 Å². The number of nitrogens with zero attached hydrogens (tertiary/aromatic N) is 4. The SMILES string of the molecule is C=CC(=O)N1CC[C@H](NC(=O)c2nn(Cc3ccc(F)cc3)c3c2CN(C(=O)c2ccc[nH]2)CC3C)C1. The molecule has 37 heavy (non-hydrogen) atoms. The molecule has 10 heteroatoms. The molecule has 192 valence electrons. The quantitative estimate of drug-likeness (QED) is 0.504. The Labute approximate surface area is 213 Å². The van der Waals surface area contributed by atoms with Gasteiger partial charge in [-0.25, -0.2) is 4.39 Å². The van der Waals surface area contributed by atoms with Crippen LogP contribution in [0.2, 0.25) is 0 Å². The number of benzene rings is 1. The Morgan fingerprint density at radius 3 is 2.68 bits per heavy atom. The fraction of sp³-hybridized carbons (Fsp3) is 0.333. The van der Waals surface area contributed by atoms with Gasteiger partial charge in [0.15, 0.2) is 5.69 Å². The van der Waals surface area contributed by atoms with Crippen molar-refractivity contribution in [3.05, 3.63) is 89.3 Å². The van der Waals surface area contributed by atoms with Gasteiger partial charge in [-0.2, -0.15) is 5.10 Å². The molecule has 2 aromatic heterocycles. The van der Waals surface area contributed by atoms with Crippen molar-refractivity contribution in [2.45, 2.75) is 38.4 Å². The molecule has 2 aliphatic heterocycles. The summed E-state index contributed by atoms with van der Waals surface area (Å²) < 4.78 is 15.2. The molecule has 0 radical (unpaired) electrons. The fourth-order valence-corrected chi connectivity index (χ4v) is 5.21. The first-order chi connectivity index (χ1) is 17.8. The second-order valence-electron chi connectivity index (χ2n) is 9.61. The lowest BCUT2D eigenvalue weighted by molar-refractivity contribution is -0.125. The number of likely N-dealkylation sites (tertiary alicyclic amines) is 1. The molecule has 1 saturated heterocycles. The van der Waals surface area contributed by atoms with Gasteiger partial charge in [-0.05, 0) is 42.3 Å². The van der Waals surface area contributed by atoms with Gasteiger partial charge >= 0.3 is 0 Å². The predicted molar refractivity (Wildman–Crippen MR) is 134 cm³/mol. The molecule has 0 aliphatic carbocycles. The van der Waals surface area contributed by atoms with E-state index in [0.29, 0.717) is 43.9 Å². The lowest BCUT2D eigenvalue weighted by atomic mass is 9.95. The Kier molecular flexibility index (Phi) is 6.64. The molecule has 1 aromatic carbocycles. The van der Waals surface area contributed by atoms with E-state index in [1.165, 1.54) is 18.2 Å². The Hall–Kier alpha value is -4.21. The summed E-state index contributed by atoms with van der Waals surface area (Å²) in [5.74, 6) is -1.05. The summed E-state index contributed by atoms with van der Waals surface area (Å²) in [6.45, 7) is 7.58. The van der Waals surface area contributed by atoms with E-state index in [0.717, 1.165) is 11.3 Å². The maximum Gasteiger partial charge on any atom is 0.272 e. The number of carbonyl (C=O) groups excluding carboxylic acids is 3. The molecule has 2 aliphatic rings. The molecule has 0 bridgehead atoms. The van der Waals surface area contributed by atoms with Crippen molar-refractivity contribution in [1.82, 2.24) is 29.9 Å². The van der Waals surface area contributed by atoms with E-state index in [2.05, 4.69) is 16.9 Å². The zero-order valence-electron chi connectivity index (χ0n) is 20.6. The normalized spacial score (nSPS) is 19.0. The smallest absolute Gasteiger partial charge is 0.272 e. The van der Waals surface area contributed by atoms with E-state index in [1.54, 1.807) is 44.9 Å². The van der Waals surface area contributed by atoms with Crippen molar-refractivity contribution < 1.29 is 18.8 Å². The van der Waals surface area contributed by atoms with Gasteiger partial charge in [0, 0.05) is 49.0 Å². The number of carbonyl (C=O) groups is 3. The first-order valence-electron chi connectivity index (χ1n) is 12.3. The molecule has 3 aromatic rings. The Bertz CT molecular complexity index is 1330. The van der Waals surface area contributed by atoms with Crippen LogP contribution in [0, 0.1) is 5.82 Å². The average Bonchev–Trinajstić information content (AvgIpc) is 3.65. The fourth-order valence-electron chi connectivity index (χ4n) is 5.21. The van der Waals surface area contributed by atoms with Crippen LogP contribution in [0.25, 0.3) is 0 Å². The van der Waals surface area contributed by atoms with Gasteiger partial charge in [-0.3, -0.25) is 19.1 Å². The second-order valence-corrected chi connectivity index (χ2v) is 9.61. The number of hydrogen-bond acceptors (Lipinski definition) is 4. The van der Waals surface area contributed by atoms with Crippen LogP contribution in [0.5, 0.6) is 0 Å². The molecular formula is C27H29FN6O3. The van der Waals surface area contributed by atoms with Crippen LogP contribution in [0.3, 0.4) is 0 Å². The van der Waals surface area contributed by atoms with Gasteiger partial charge in [0.05, 0.1) is 13.1 Å². The Morgan fingerprint density at radius 2 is 1.97 bits per heavy atom. The van der Waals surface area contributed by atoms with Crippen LogP contribution in [0.1, 0.15) is 57.1 Å². The molecule has 0 saturated carbocycles. The highest BCUT2D eigenvalue weighted by Crippen LogP contribution is 2.32. The first-order valence-corrected chi connectivity index (χ1v) is 12.3. The number of nitrogens with one attached hydrogen (secondary N) is 2. The first kappa shape index (κ1) is 24.5. The van der Waals surface area contributed by atoms with Gasteiger partial charge in [0.2, 0.25) is 5.91 Å². The second kappa shape index (κ2) is 10.0. The van der Waals surface area contributed by atoms with E-state index >= 15 is 0 Å². The maximum absolute atomic E-state index is 13.5. The van der Waals surface area contributed by atoms with Crippen LogP contribution in [0.4, 0.5) is 4.39 Å². The van der Waals surface area contributed by atoms with Crippen molar-refractivity contribution in [2.75, 3.05) is 19.6 Å². The molecular weight excluding hydrogens is 475 g/mol. The van der Waals surface area contributed by atoms with Crippen LogP contribution in [-0.2, 0) is 17.9 Å². The summed E-state index contributed by atoms with van der Waals surface area (Å²) in [5.41, 5.74) is 3.19.